The van der Waals surface area contributed by atoms with Crippen LogP contribution in [0.3, 0.4) is 0 Å². The number of nitrogens with two attached hydrogens (primary N) is 1. The largest absolute Gasteiger partial charge is 0.416 e. The van der Waals surface area contributed by atoms with Crippen molar-refractivity contribution in [1.29, 1.82) is 5.26 Å². The van der Waals surface area contributed by atoms with Crippen LogP contribution in [-0.2, 0) is 23.9 Å². The Morgan fingerprint density at radius 3 is 2.67 bits per heavy atom. The third kappa shape index (κ3) is 4.42. The van der Waals surface area contributed by atoms with Crippen molar-refractivity contribution >= 4 is 29.0 Å². The van der Waals surface area contributed by atoms with E-state index in [4.69, 9.17) is 17.3 Å². The molecule has 1 aliphatic carbocycles. The molecular weight excluding hydrogens is 457 g/mol. The molecule has 1 saturated carbocycles. The van der Waals surface area contributed by atoms with Gasteiger partial charge in [-0.2, -0.15) is 18.4 Å². The van der Waals surface area contributed by atoms with Gasteiger partial charge in [0.2, 0.25) is 11.2 Å². The highest BCUT2D eigenvalue weighted by Crippen LogP contribution is 2.43. The van der Waals surface area contributed by atoms with Crippen molar-refractivity contribution in [3.63, 3.8) is 0 Å². The van der Waals surface area contributed by atoms with Gasteiger partial charge in [0.1, 0.15) is 11.2 Å². The summed E-state index contributed by atoms with van der Waals surface area (Å²) < 4.78 is 39.7. The predicted molar refractivity (Wildman–Crippen MR) is 116 cm³/mol. The van der Waals surface area contributed by atoms with Gasteiger partial charge in [0, 0.05) is 24.2 Å². The molecule has 1 aromatic carbocycles. The number of carbonyl (C=O) groups is 1. The Morgan fingerprint density at radius 2 is 2.06 bits per heavy atom. The second kappa shape index (κ2) is 8.37. The molecule has 174 valence electrons. The van der Waals surface area contributed by atoms with Gasteiger partial charge in [0.05, 0.1) is 29.9 Å². The number of rotatable bonds is 4. The van der Waals surface area contributed by atoms with Crippen molar-refractivity contribution < 1.29 is 18.0 Å². The maximum absolute atomic E-state index is 13.2. The van der Waals surface area contributed by atoms with E-state index in [-0.39, 0.29) is 23.4 Å². The van der Waals surface area contributed by atoms with Gasteiger partial charge >= 0.3 is 6.18 Å². The van der Waals surface area contributed by atoms with Gasteiger partial charge in [-0.05, 0) is 61.5 Å². The lowest BCUT2D eigenvalue weighted by atomic mass is 9.69. The summed E-state index contributed by atoms with van der Waals surface area (Å²) in [6.07, 6.45) is -2.17. The summed E-state index contributed by atoms with van der Waals surface area (Å²) in [5.41, 5.74) is 5.51. The number of carbonyl (C=O) groups excluding carboxylic acids is 1. The van der Waals surface area contributed by atoms with E-state index in [9.17, 15) is 23.2 Å². The first kappa shape index (κ1) is 23.1. The number of nitriles is 1. The van der Waals surface area contributed by atoms with Crippen molar-refractivity contribution in [3.8, 4) is 6.07 Å². The molecule has 4 rings (SSSR count). The van der Waals surface area contributed by atoms with Gasteiger partial charge in [0.25, 0.3) is 0 Å². The molecular formula is C22H22ClF3N6O. The van der Waals surface area contributed by atoms with Crippen LogP contribution in [0.5, 0.6) is 0 Å². The zero-order chi connectivity index (χ0) is 24.0. The van der Waals surface area contributed by atoms with Crippen LogP contribution in [0.4, 0.5) is 24.7 Å². The number of anilines is 2. The number of nitrogens with zero attached hydrogens (tertiary/aromatic N) is 4. The second-order valence-electron chi connectivity index (χ2n) is 8.54. The Hall–Kier alpha value is -3.06. The Morgan fingerprint density at radius 1 is 1.33 bits per heavy atom. The monoisotopic (exact) mass is 478 g/mol. The molecule has 1 aromatic heterocycles. The van der Waals surface area contributed by atoms with Gasteiger partial charge in [-0.3, -0.25) is 4.79 Å². The summed E-state index contributed by atoms with van der Waals surface area (Å²) in [5, 5.41) is 12.6. The second-order valence-corrected chi connectivity index (χ2v) is 8.88. The first-order valence-corrected chi connectivity index (χ1v) is 10.9. The maximum Gasteiger partial charge on any atom is 0.416 e. The quantitative estimate of drug-likeness (QED) is 0.495. The molecule has 2 aliphatic rings. The normalized spacial score (nSPS) is 18.0. The van der Waals surface area contributed by atoms with Crippen molar-refractivity contribution in [1.82, 2.24) is 14.9 Å². The molecule has 1 atom stereocenters. The van der Waals surface area contributed by atoms with Gasteiger partial charge in [-0.15, -0.1) is 0 Å². The summed E-state index contributed by atoms with van der Waals surface area (Å²) >= 11 is 6.09. The highest BCUT2D eigenvalue weighted by molar-refractivity contribution is 6.28. The predicted octanol–water partition coefficient (Wildman–Crippen LogP) is 4.48. The minimum atomic E-state index is -4.53. The van der Waals surface area contributed by atoms with Crippen LogP contribution in [0.2, 0.25) is 5.28 Å². The van der Waals surface area contributed by atoms with Crippen LogP contribution in [0, 0.1) is 16.7 Å². The van der Waals surface area contributed by atoms with Crippen LogP contribution in [0.25, 0.3) is 0 Å². The first-order valence-electron chi connectivity index (χ1n) is 10.5. The van der Waals surface area contributed by atoms with Gasteiger partial charge in [0.15, 0.2) is 0 Å². The van der Waals surface area contributed by atoms with E-state index < -0.39 is 23.2 Å². The number of amides is 1. The molecule has 2 aromatic rings. The van der Waals surface area contributed by atoms with E-state index in [1.807, 2.05) is 0 Å². The molecule has 11 heteroatoms. The molecule has 7 nitrogen and oxygen atoms in total. The fourth-order valence-corrected chi connectivity index (χ4v) is 4.45. The molecule has 1 aliphatic heterocycles. The number of alkyl halides is 3. The number of hydrogen-bond donors (Lipinski definition) is 2. The van der Waals surface area contributed by atoms with Gasteiger partial charge < -0.3 is 16.0 Å². The maximum atomic E-state index is 13.2. The number of benzene rings is 1. The van der Waals surface area contributed by atoms with Crippen LogP contribution in [0.15, 0.2) is 18.2 Å². The highest BCUT2D eigenvalue weighted by Gasteiger charge is 2.47. The van der Waals surface area contributed by atoms with E-state index in [1.165, 1.54) is 6.07 Å². The third-order valence-electron chi connectivity index (χ3n) is 6.31. The van der Waals surface area contributed by atoms with E-state index >= 15 is 0 Å². The van der Waals surface area contributed by atoms with E-state index in [0.717, 1.165) is 18.6 Å². The molecule has 0 saturated heterocycles. The summed E-state index contributed by atoms with van der Waals surface area (Å²) in [6, 6.07) is 4.96. The number of nitrogen functional groups attached to an aromatic ring is 1. The Bertz CT molecular complexity index is 1140. The van der Waals surface area contributed by atoms with E-state index in [1.54, 1.807) is 11.8 Å². The molecule has 3 N–H and O–H groups in total. The zero-order valence-corrected chi connectivity index (χ0v) is 18.6. The molecule has 1 amide bonds. The van der Waals surface area contributed by atoms with Gasteiger partial charge in [-0.1, -0.05) is 0 Å². The highest BCUT2D eigenvalue weighted by atomic mass is 35.5. The van der Waals surface area contributed by atoms with Crippen molar-refractivity contribution in [3.05, 3.63) is 45.9 Å². The van der Waals surface area contributed by atoms with Crippen LogP contribution in [0.1, 0.15) is 54.6 Å². The number of fused-ring (bicyclic) bond motifs is 1. The van der Waals surface area contributed by atoms with Gasteiger partial charge in [-0.25, -0.2) is 9.97 Å². The van der Waals surface area contributed by atoms with Crippen LogP contribution >= 0.6 is 11.6 Å². The first-order chi connectivity index (χ1) is 15.5. The number of hydrogen-bond acceptors (Lipinski definition) is 6. The molecule has 0 radical (unpaired) electrons. The zero-order valence-electron chi connectivity index (χ0n) is 17.8. The van der Waals surface area contributed by atoms with Crippen LogP contribution < -0.4 is 11.1 Å². The molecule has 0 spiro atoms. The fourth-order valence-electron chi connectivity index (χ4n) is 4.26. The summed E-state index contributed by atoms with van der Waals surface area (Å²) in [6.45, 7) is 2.28. The lowest BCUT2D eigenvalue weighted by Gasteiger charge is -2.40. The topological polar surface area (TPSA) is 108 Å². The molecule has 2 heterocycles. The number of halogens is 4. The number of nitrogens with one attached hydrogen (secondary N) is 1. The van der Waals surface area contributed by atoms with Crippen molar-refractivity contribution in [2.24, 2.45) is 5.41 Å². The third-order valence-corrected chi connectivity index (χ3v) is 6.48. The summed E-state index contributed by atoms with van der Waals surface area (Å²) in [7, 11) is 0. The lowest BCUT2D eigenvalue weighted by Crippen LogP contribution is -2.49. The van der Waals surface area contributed by atoms with Crippen molar-refractivity contribution in [2.45, 2.75) is 51.4 Å². The number of aromatic nitrogens is 2. The SMILES string of the molecule is C[C@@H](Nc1nc(Cl)nc2c1CN(C(=O)C1(C#N)CCC1)CC2)c1cc(N)cc(C(F)(F)F)c1. The molecule has 1 fully saturated rings. The van der Waals surface area contributed by atoms with E-state index in [2.05, 4.69) is 21.4 Å². The standard InChI is InChI=1S/C22H22ClF3N6O/c1-12(13-7-14(22(24,25)26)9-15(28)8-13)29-18-16-10-32(6-3-17(16)30-20(23)31-18)19(33)21(11-27)4-2-5-21/h7-9,12H,2-6,10,28H2,1H3,(H,29,30,31)/t12-/m1/s1. The Balaban J connectivity index is 1.62. The molecule has 0 bridgehead atoms. The molecule has 0 unspecified atom stereocenters. The minimum Gasteiger partial charge on any atom is -0.399 e. The van der Waals surface area contributed by atoms with E-state index in [0.29, 0.717) is 48.4 Å². The fraction of sp³-hybridized carbons (Fsp3) is 0.455. The smallest absolute Gasteiger partial charge is 0.399 e. The summed E-state index contributed by atoms with van der Waals surface area (Å²) in [4.78, 5) is 23.2. The van der Waals surface area contributed by atoms with Crippen molar-refractivity contribution in [2.75, 3.05) is 17.6 Å². The minimum absolute atomic E-state index is 0.000675. The lowest BCUT2D eigenvalue weighted by molar-refractivity contribution is -0.144. The Kier molecular flexibility index (Phi) is 5.86. The molecule has 33 heavy (non-hydrogen) atoms. The Labute approximate surface area is 193 Å². The average molecular weight is 479 g/mol. The van der Waals surface area contributed by atoms with Crippen LogP contribution in [-0.4, -0.2) is 27.3 Å². The summed E-state index contributed by atoms with van der Waals surface area (Å²) in [5.74, 6) is 0.132. The average Bonchev–Trinajstić information content (AvgIpc) is 2.71.